The largest absolute Gasteiger partial charge is 0.642 e. The molecule has 0 aliphatic carbocycles. The molecule has 0 bridgehead atoms. The van der Waals surface area contributed by atoms with Crippen molar-refractivity contribution in [2.45, 2.75) is 0 Å². The third kappa shape index (κ3) is 1.50. The van der Waals surface area contributed by atoms with Gasteiger partial charge in [0, 0.05) is 16.5 Å². The fourth-order valence-corrected chi connectivity index (χ4v) is 3.67. The molecule has 1 aromatic heterocycles. The van der Waals surface area contributed by atoms with Crippen LogP contribution in [-0.4, -0.2) is 16.6 Å². The summed E-state index contributed by atoms with van der Waals surface area (Å²) in [6.45, 7) is -4.41. The molecule has 25 heavy (non-hydrogen) atoms. The molecule has 0 unspecified atom stereocenters. The lowest BCUT2D eigenvalue weighted by atomic mass is 9.89. The van der Waals surface area contributed by atoms with Gasteiger partial charge in [-0.15, -0.1) is 0 Å². The topological polar surface area (TPSA) is 64.3 Å². The van der Waals surface area contributed by atoms with Crippen LogP contribution in [0.1, 0.15) is 5.69 Å². The van der Waals surface area contributed by atoms with Gasteiger partial charge in [0.2, 0.25) is 5.36 Å². The molecule has 1 N–H and O–H groups in total. The Morgan fingerprint density at radius 3 is 2.52 bits per heavy atom. The molecule has 5 nitrogen and oxygen atoms in total. The highest BCUT2D eigenvalue weighted by Gasteiger charge is 2.52. The van der Waals surface area contributed by atoms with Gasteiger partial charge in [0.15, 0.2) is 11.5 Å². The van der Waals surface area contributed by atoms with Crippen LogP contribution in [0.5, 0.6) is 5.88 Å². The van der Waals surface area contributed by atoms with Crippen LogP contribution < -0.4 is 15.2 Å². The van der Waals surface area contributed by atoms with Crippen LogP contribution in [0.2, 0.25) is 0 Å². The van der Waals surface area contributed by atoms with Gasteiger partial charge in [-0.2, -0.15) is 5.26 Å². The summed E-state index contributed by atoms with van der Waals surface area (Å²) in [6, 6.07) is 15.0. The molecule has 8 heteroatoms. The molecule has 5 rings (SSSR count). The molecule has 2 aliphatic rings. The zero-order valence-electron chi connectivity index (χ0n) is 12.7. The number of nitriles is 1. The van der Waals surface area contributed by atoms with E-state index in [1.807, 2.05) is 6.07 Å². The van der Waals surface area contributed by atoms with E-state index in [0.29, 0.717) is 15.2 Å². The minimum Gasteiger partial charge on any atom is -0.496 e. The van der Waals surface area contributed by atoms with Crippen LogP contribution in [-0.2, 0) is 0 Å². The van der Waals surface area contributed by atoms with Crippen molar-refractivity contribution >= 4 is 23.3 Å². The van der Waals surface area contributed by atoms with Crippen LogP contribution in [0.25, 0.3) is 16.3 Å². The number of benzene rings is 2. The first-order valence-electron chi connectivity index (χ1n) is 7.65. The molecule has 0 amide bonds. The molecule has 3 aromatic rings. The van der Waals surface area contributed by atoms with Crippen molar-refractivity contribution in [2.24, 2.45) is 4.99 Å². The third-order valence-corrected chi connectivity index (χ3v) is 4.68. The fourth-order valence-electron chi connectivity index (χ4n) is 3.67. The summed E-state index contributed by atoms with van der Waals surface area (Å²) in [5.74, 6) is -0.628. The molecule has 0 spiro atoms. The number of hydrogen-bond acceptors (Lipinski definition) is 3. The number of aromatic hydroxyl groups is 1. The molecule has 0 radical (unpaired) electrons. The van der Waals surface area contributed by atoms with E-state index in [0.717, 1.165) is 4.49 Å². The summed E-state index contributed by atoms with van der Waals surface area (Å²) < 4.78 is 32.2. The van der Waals surface area contributed by atoms with Crippen LogP contribution in [0.15, 0.2) is 59.3 Å². The number of para-hydroxylation sites is 2. The second-order valence-corrected chi connectivity index (χ2v) is 5.96. The van der Waals surface area contributed by atoms with Crippen LogP contribution >= 0.6 is 0 Å². The Kier molecular flexibility index (Phi) is 2.41. The van der Waals surface area contributed by atoms with Gasteiger partial charge in [-0.25, -0.2) is 0 Å². The van der Waals surface area contributed by atoms with Gasteiger partial charge >= 0.3 is 12.8 Å². The van der Waals surface area contributed by atoms with Crippen molar-refractivity contribution < 1.29 is 13.7 Å². The maximum atomic E-state index is 15.4. The van der Waals surface area contributed by atoms with Gasteiger partial charge < -0.3 is 22.7 Å². The molecular formula is C17H9BF2N4O. The van der Waals surface area contributed by atoms with Crippen molar-refractivity contribution in [3.05, 3.63) is 70.8 Å². The standard InChI is InChI=1S/C17H9BF2N4O/c19-18(20)23-14-8-4-3-7-13(14)22-16(23)12(9-21)15-10-5-1-2-6-11(10)17(25)24(15)18/h1-8,25H. The summed E-state index contributed by atoms with van der Waals surface area (Å²) in [7, 11) is 0. The highest BCUT2D eigenvalue weighted by molar-refractivity contribution is 6.64. The SMILES string of the molecule is N#CC1=C2N=c3ccccc3=[N+]2[B-](F)(F)n2c(O)c3ccccc3c21. The number of hydrogen-bond donors (Lipinski definition) is 1. The monoisotopic (exact) mass is 334 g/mol. The molecule has 0 fully saturated rings. The van der Waals surface area contributed by atoms with Gasteiger partial charge in [-0.1, -0.05) is 30.3 Å². The Morgan fingerprint density at radius 1 is 1.08 bits per heavy atom. The van der Waals surface area contributed by atoms with E-state index in [9.17, 15) is 10.4 Å². The smallest absolute Gasteiger partial charge is 0.496 e. The Balaban J connectivity index is 2.08. The number of aromatic nitrogens is 1. The second-order valence-electron chi connectivity index (χ2n) is 5.96. The normalized spacial score (nSPS) is 16.9. The lowest BCUT2D eigenvalue weighted by molar-refractivity contribution is 0.421. The van der Waals surface area contributed by atoms with E-state index in [1.54, 1.807) is 42.5 Å². The van der Waals surface area contributed by atoms with Crippen LogP contribution in [0.4, 0.5) is 8.63 Å². The van der Waals surface area contributed by atoms with E-state index < -0.39 is 12.9 Å². The number of nitrogens with zero attached hydrogens (tertiary/aromatic N) is 4. The van der Waals surface area contributed by atoms with Crippen molar-refractivity contribution in [3.63, 3.8) is 0 Å². The van der Waals surface area contributed by atoms with Gasteiger partial charge in [0.25, 0.3) is 0 Å². The Labute approximate surface area is 139 Å². The van der Waals surface area contributed by atoms with Crippen molar-refractivity contribution in [1.82, 2.24) is 8.96 Å². The predicted molar refractivity (Wildman–Crippen MR) is 88.0 cm³/mol. The lowest BCUT2D eigenvalue weighted by Crippen LogP contribution is -2.56. The number of rotatable bonds is 0. The summed E-state index contributed by atoms with van der Waals surface area (Å²) in [5, 5.41) is 21.4. The molecule has 120 valence electrons. The highest BCUT2D eigenvalue weighted by atomic mass is 19.2. The molecule has 3 heterocycles. The average molecular weight is 334 g/mol. The third-order valence-electron chi connectivity index (χ3n) is 4.68. The quantitative estimate of drug-likeness (QED) is 0.635. The Bertz CT molecular complexity index is 1300. The van der Waals surface area contributed by atoms with Gasteiger partial charge in [0.1, 0.15) is 11.4 Å². The first-order valence-corrected chi connectivity index (χ1v) is 7.65. The highest BCUT2D eigenvalue weighted by Crippen LogP contribution is 2.42. The van der Waals surface area contributed by atoms with Gasteiger partial charge in [-0.05, 0) is 23.2 Å². The van der Waals surface area contributed by atoms with Crippen molar-refractivity contribution in [2.75, 3.05) is 0 Å². The molecule has 2 aliphatic heterocycles. The van der Waals surface area contributed by atoms with E-state index >= 15 is 8.63 Å². The van der Waals surface area contributed by atoms with Crippen molar-refractivity contribution in [1.29, 1.82) is 5.26 Å². The molecule has 0 saturated heterocycles. The van der Waals surface area contributed by atoms with Crippen molar-refractivity contribution in [3.8, 4) is 11.9 Å². The summed E-state index contributed by atoms with van der Waals surface area (Å²) in [6.07, 6.45) is 0. The number of halogens is 2. The predicted octanol–water partition coefficient (Wildman–Crippen LogP) is 1.60. The van der Waals surface area contributed by atoms with Crippen LogP contribution in [0.3, 0.4) is 0 Å². The number of allylic oxidation sites excluding steroid dienone is 1. The number of fused-ring (bicyclic) bond motifs is 5. The molecule has 0 saturated carbocycles. The minimum atomic E-state index is -4.41. The lowest BCUT2D eigenvalue weighted by Gasteiger charge is -2.31. The summed E-state index contributed by atoms with van der Waals surface area (Å²) >= 11 is 0. The molecule has 0 atom stereocenters. The first kappa shape index (κ1) is 13.9. The van der Waals surface area contributed by atoms with E-state index in [-0.39, 0.29) is 27.8 Å². The van der Waals surface area contributed by atoms with Gasteiger partial charge in [0.05, 0.1) is 0 Å². The maximum absolute atomic E-state index is 15.4. The Morgan fingerprint density at radius 2 is 1.76 bits per heavy atom. The van der Waals surface area contributed by atoms with E-state index in [4.69, 9.17) is 0 Å². The molecular weight excluding hydrogens is 325 g/mol. The molecule has 2 aromatic carbocycles. The van der Waals surface area contributed by atoms with E-state index in [2.05, 4.69) is 4.99 Å². The zero-order chi connectivity index (χ0) is 17.3. The van der Waals surface area contributed by atoms with Crippen LogP contribution in [0, 0.1) is 11.3 Å². The van der Waals surface area contributed by atoms with Gasteiger partial charge in [-0.3, -0.25) is 0 Å². The van der Waals surface area contributed by atoms with E-state index in [1.165, 1.54) is 6.07 Å². The first-order chi connectivity index (χ1) is 12.1. The maximum Gasteiger partial charge on any atom is 0.642 e. The fraction of sp³-hybridized carbons (Fsp3) is 0. The summed E-state index contributed by atoms with van der Waals surface area (Å²) in [5.41, 5.74) is 0.0175. The zero-order valence-corrected chi connectivity index (χ0v) is 12.7. The second kappa shape index (κ2) is 4.33. The Hall–Kier alpha value is -3.47. The average Bonchev–Trinajstić information content (AvgIpc) is 3.14. The summed E-state index contributed by atoms with van der Waals surface area (Å²) in [4.78, 5) is 4.26. The minimum absolute atomic E-state index is 0.00315.